The van der Waals surface area contributed by atoms with E-state index in [0.29, 0.717) is 11.5 Å². The van der Waals surface area contributed by atoms with Crippen LogP contribution in [-0.2, 0) is 0 Å². The van der Waals surface area contributed by atoms with Crippen molar-refractivity contribution in [3.8, 4) is 0 Å². The van der Waals surface area contributed by atoms with Gasteiger partial charge in [0.2, 0.25) is 0 Å². The summed E-state index contributed by atoms with van der Waals surface area (Å²) in [6.07, 6.45) is 0. The van der Waals surface area contributed by atoms with Crippen molar-refractivity contribution in [2.24, 2.45) is 0 Å². The second kappa shape index (κ2) is 8.50. The van der Waals surface area contributed by atoms with E-state index in [2.05, 4.69) is 48.7 Å². The third-order valence-electron chi connectivity index (χ3n) is 4.43. The summed E-state index contributed by atoms with van der Waals surface area (Å²) >= 11 is 0. The smallest absolute Gasteiger partial charge is 0.251 e. The first-order valence-corrected chi connectivity index (χ1v) is 8.34. The molecule has 0 aliphatic carbocycles. The molecule has 0 heterocycles. The van der Waals surface area contributed by atoms with Gasteiger partial charge in [0.25, 0.3) is 5.91 Å². The van der Waals surface area contributed by atoms with E-state index in [9.17, 15) is 4.79 Å². The van der Waals surface area contributed by atoms with Crippen LogP contribution < -0.4 is 10.6 Å². The Morgan fingerprint density at radius 3 is 2.46 bits per heavy atom. The van der Waals surface area contributed by atoms with Gasteiger partial charge in [-0.05, 0) is 37.1 Å². The highest BCUT2D eigenvalue weighted by Crippen LogP contribution is 2.25. The number of aliphatic hydroxyl groups excluding tert-OH is 1. The maximum absolute atomic E-state index is 12.2. The Morgan fingerprint density at radius 2 is 1.79 bits per heavy atom. The molecule has 2 aromatic carbocycles. The molecule has 24 heavy (non-hydrogen) atoms. The van der Waals surface area contributed by atoms with Crippen LogP contribution >= 0.6 is 0 Å². The number of benzene rings is 2. The first kappa shape index (κ1) is 18.0. The van der Waals surface area contributed by atoms with E-state index < -0.39 is 0 Å². The van der Waals surface area contributed by atoms with Gasteiger partial charge in [0.05, 0.1) is 6.61 Å². The summed E-state index contributed by atoms with van der Waals surface area (Å²) in [5.74, 6) is 0.187. The maximum Gasteiger partial charge on any atom is 0.251 e. The second-order valence-electron chi connectivity index (χ2n) is 6.09. The molecule has 0 aromatic heterocycles. The molecule has 2 atom stereocenters. The van der Waals surface area contributed by atoms with E-state index in [1.807, 2.05) is 25.1 Å². The molecule has 0 fully saturated rings. The lowest BCUT2D eigenvalue weighted by atomic mass is 9.94. The number of hydrogen-bond acceptors (Lipinski definition) is 3. The van der Waals surface area contributed by atoms with E-state index in [-0.39, 0.29) is 25.1 Å². The lowest BCUT2D eigenvalue weighted by molar-refractivity contribution is 0.0944. The molecule has 0 aliphatic rings. The van der Waals surface area contributed by atoms with Crippen LogP contribution in [0, 0.1) is 6.92 Å². The fraction of sp³-hybridized carbons (Fsp3) is 0.350. The van der Waals surface area contributed by atoms with Gasteiger partial charge in [-0.3, -0.25) is 4.79 Å². The van der Waals surface area contributed by atoms with Crippen molar-refractivity contribution in [2.45, 2.75) is 32.7 Å². The van der Waals surface area contributed by atoms with Gasteiger partial charge in [-0.25, -0.2) is 0 Å². The van der Waals surface area contributed by atoms with Crippen molar-refractivity contribution in [1.29, 1.82) is 0 Å². The minimum atomic E-state index is -0.158. The predicted octanol–water partition coefficient (Wildman–Crippen LogP) is 3.32. The van der Waals surface area contributed by atoms with Crippen molar-refractivity contribution in [1.82, 2.24) is 5.32 Å². The summed E-state index contributed by atoms with van der Waals surface area (Å²) in [4.78, 5) is 12.2. The van der Waals surface area contributed by atoms with Gasteiger partial charge >= 0.3 is 0 Å². The number of rotatable bonds is 7. The Kier molecular flexibility index (Phi) is 6.38. The Morgan fingerprint density at radius 1 is 1.08 bits per heavy atom. The Bertz CT molecular complexity index is 671. The van der Waals surface area contributed by atoms with E-state index in [0.717, 1.165) is 11.3 Å². The van der Waals surface area contributed by atoms with E-state index in [1.165, 1.54) is 5.56 Å². The third-order valence-corrected chi connectivity index (χ3v) is 4.43. The SMILES string of the molecule is Cc1c(NC(C)C(C)c2ccccc2)cccc1C(=O)NCCO. The molecular formula is C20H26N2O2. The van der Waals surface area contributed by atoms with Gasteiger partial charge in [0.1, 0.15) is 0 Å². The first-order chi connectivity index (χ1) is 11.5. The number of hydrogen-bond donors (Lipinski definition) is 3. The van der Waals surface area contributed by atoms with Crippen LogP contribution in [0.3, 0.4) is 0 Å². The van der Waals surface area contributed by atoms with Gasteiger partial charge < -0.3 is 15.7 Å². The zero-order valence-corrected chi connectivity index (χ0v) is 14.5. The third kappa shape index (κ3) is 4.36. The average Bonchev–Trinajstić information content (AvgIpc) is 2.61. The number of carbonyl (C=O) groups excluding carboxylic acids is 1. The maximum atomic E-state index is 12.2. The molecule has 0 aliphatic heterocycles. The molecule has 128 valence electrons. The van der Waals surface area contributed by atoms with Gasteiger partial charge in [-0.1, -0.05) is 43.3 Å². The zero-order chi connectivity index (χ0) is 17.5. The van der Waals surface area contributed by atoms with Crippen molar-refractivity contribution >= 4 is 11.6 Å². The number of anilines is 1. The Hall–Kier alpha value is -2.33. The molecule has 4 heteroatoms. The molecule has 2 rings (SSSR count). The molecule has 0 saturated heterocycles. The Labute approximate surface area is 143 Å². The highest BCUT2D eigenvalue weighted by atomic mass is 16.3. The van der Waals surface area contributed by atoms with Crippen LogP contribution in [0.4, 0.5) is 5.69 Å². The number of amides is 1. The molecule has 4 nitrogen and oxygen atoms in total. The highest BCUT2D eigenvalue weighted by Gasteiger charge is 2.17. The standard InChI is InChI=1S/C20H26N2O2/c1-14(17-8-5-4-6-9-17)16(3)22-19-11-7-10-18(15(19)2)20(24)21-12-13-23/h4-11,14,16,22-23H,12-13H2,1-3H3,(H,21,24). The summed E-state index contributed by atoms with van der Waals surface area (Å²) in [5, 5.41) is 15.1. The van der Waals surface area contributed by atoms with Crippen molar-refractivity contribution in [3.05, 3.63) is 65.2 Å². The molecule has 2 unspecified atom stereocenters. The number of aliphatic hydroxyl groups is 1. The molecule has 0 bridgehead atoms. The van der Waals surface area contributed by atoms with Crippen molar-refractivity contribution < 1.29 is 9.90 Å². The summed E-state index contributed by atoms with van der Waals surface area (Å²) < 4.78 is 0. The number of nitrogens with one attached hydrogen (secondary N) is 2. The largest absolute Gasteiger partial charge is 0.395 e. The van der Waals surface area contributed by atoms with Crippen LogP contribution in [0.2, 0.25) is 0 Å². The minimum absolute atomic E-state index is 0.0612. The molecule has 3 N–H and O–H groups in total. The first-order valence-electron chi connectivity index (χ1n) is 8.34. The molecule has 0 radical (unpaired) electrons. The molecule has 0 spiro atoms. The predicted molar refractivity (Wildman–Crippen MR) is 98.5 cm³/mol. The van der Waals surface area contributed by atoms with Gasteiger partial charge in [0.15, 0.2) is 0 Å². The van der Waals surface area contributed by atoms with Crippen LogP contribution in [0.15, 0.2) is 48.5 Å². The van der Waals surface area contributed by atoms with Crippen LogP contribution in [0.5, 0.6) is 0 Å². The van der Waals surface area contributed by atoms with Gasteiger partial charge in [-0.2, -0.15) is 0 Å². The van der Waals surface area contributed by atoms with Crippen LogP contribution in [-0.4, -0.2) is 30.2 Å². The van der Waals surface area contributed by atoms with Gasteiger partial charge in [0, 0.05) is 29.8 Å². The summed E-state index contributed by atoms with van der Waals surface area (Å²) in [5.41, 5.74) is 3.79. The van der Waals surface area contributed by atoms with Crippen LogP contribution in [0.1, 0.15) is 41.3 Å². The highest BCUT2D eigenvalue weighted by molar-refractivity contribution is 5.97. The molecule has 0 saturated carbocycles. The van der Waals surface area contributed by atoms with E-state index in [4.69, 9.17) is 5.11 Å². The van der Waals surface area contributed by atoms with Gasteiger partial charge in [-0.15, -0.1) is 0 Å². The van der Waals surface area contributed by atoms with E-state index >= 15 is 0 Å². The fourth-order valence-electron chi connectivity index (χ4n) is 2.72. The van der Waals surface area contributed by atoms with E-state index in [1.54, 1.807) is 6.07 Å². The lowest BCUT2D eigenvalue weighted by Gasteiger charge is -2.24. The topological polar surface area (TPSA) is 61.4 Å². The number of carbonyl (C=O) groups is 1. The monoisotopic (exact) mass is 326 g/mol. The fourth-order valence-corrected chi connectivity index (χ4v) is 2.72. The summed E-state index contributed by atoms with van der Waals surface area (Å²) in [6, 6.07) is 16.3. The summed E-state index contributed by atoms with van der Waals surface area (Å²) in [7, 11) is 0. The minimum Gasteiger partial charge on any atom is -0.395 e. The summed E-state index contributed by atoms with van der Waals surface area (Å²) in [6.45, 7) is 6.48. The lowest BCUT2D eigenvalue weighted by Crippen LogP contribution is -2.28. The normalized spacial score (nSPS) is 13.2. The molecule has 2 aromatic rings. The quantitative estimate of drug-likeness (QED) is 0.731. The Balaban J connectivity index is 2.13. The molecule has 1 amide bonds. The average molecular weight is 326 g/mol. The van der Waals surface area contributed by atoms with Crippen molar-refractivity contribution in [2.75, 3.05) is 18.5 Å². The van der Waals surface area contributed by atoms with Crippen LogP contribution in [0.25, 0.3) is 0 Å². The molecular weight excluding hydrogens is 300 g/mol. The zero-order valence-electron chi connectivity index (χ0n) is 14.5. The second-order valence-corrected chi connectivity index (χ2v) is 6.09. The van der Waals surface area contributed by atoms with Crippen molar-refractivity contribution in [3.63, 3.8) is 0 Å².